The van der Waals surface area contributed by atoms with E-state index in [9.17, 15) is 14.3 Å². The minimum atomic E-state index is -0.776. The van der Waals surface area contributed by atoms with E-state index in [0.29, 0.717) is 25.9 Å². The van der Waals surface area contributed by atoms with E-state index in [1.54, 1.807) is 23.0 Å². The van der Waals surface area contributed by atoms with Crippen LogP contribution in [0.15, 0.2) is 36.5 Å². The second kappa shape index (κ2) is 7.37. The van der Waals surface area contributed by atoms with Crippen LogP contribution >= 0.6 is 0 Å². The van der Waals surface area contributed by atoms with E-state index in [2.05, 4.69) is 10.4 Å². The van der Waals surface area contributed by atoms with Gasteiger partial charge in [0.25, 0.3) is 0 Å². The van der Waals surface area contributed by atoms with Crippen LogP contribution in [0.3, 0.4) is 0 Å². The predicted molar refractivity (Wildman–Crippen MR) is 85.9 cm³/mol. The fraction of sp³-hybridized carbons (Fsp3) is 0.412. The molecule has 0 spiro atoms. The van der Waals surface area contributed by atoms with Crippen molar-refractivity contribution in [2.75, 3.05) is 6.54 Å². The molecule has 6 heteroatoms. The average molecular weight is 319 g/mol. The monoisotopic (exact) mass is 319 g/mol. The van der Waals surface area contributed by atoms with Gasteiger partial charge in [-0.2, -0.15) is 5.10 Å². The third-order valence-electron chi connectivity index (χ3n) is 4.37. The summed E-state index contributed by atoms with van der Waals surface area (Å²) in [6.45, 7) is 4.67. The van der Waals surface area contributed by atoms with E-state index in [1.165, 1.54) is 12.1 Å². The lowest BCUT2D eigenvalue weighted by Gasteiger charge is -2.27. The number of carbonyl (C=O) groups is 1. The minimum absolute atomic E-state index is 0.294. The lowest BCUT2D eigenvalue weighted by atomic mass is 9.82. The minimum Gasteiger partial charge on any atom is -0.481 e. The largest absolute Gasteiger partial charge is 0.481 e. The SMILES string of the molecule is CCC(CC)(CNCc1ccnn1-c1ccc(F)cc1)C(=O)O. The quantitative estimate of drug-likeness (QED) is 0.785. The first-order chi connectivity index (χ1) is 11.0. The van der Waals surface area contributed by atoms with Crippen LogP contribution in [0, 0.1) is 11.2 Å². The van der Waals surface area contributed by atoms with E-state index < -0.39 is 11.4 Å². The molecule has 5 nitrogen and oxygen atoms in total. The van der Waals surface area contributed by atoms with Crippen LogP contribution in [0.2, 0.25) is 0 Å². The summed E-state index contributed by atoms with van der Waals surface area (Å²) >= 11 is 0. The van der Waals surface area contributed by atoms with Crippen LogP contribution in [0.5, 0.6) is 0 Å². The summed E-state index contributed by atoms with van der Waals surface area (Å²) in [5.74, 6) is -1.07. The van der Waals surface area contributed by atoms with E-state index in [0.717, 1.165) is 11.4 Å². The molecule has 0 atom stereocenters. The summed E-state index contributed by atoms with van der Waals surface area (Å²) in [5, 5.41) is 16.9. The van der Waals surface area contributed by atoms with Gasteiger partial charge in [0, 0.05) is 19.3 Å². The third-order valence-corrected chi connectivity index (χ3v) is 4.37. The molecule has 0 radical (unpaired) electrons. The van der Waals surface area contributed by atoms with Crippen LogP contribution in [0.1, 0.15) is 32.4 Å². The number of aromatic nitrogens is 2. The Labute approximate surface area is 135 Å². The van der Waals surface area contributed by atoms with Crippen LogP contribution in [-0.4, -0.2) is 27.4 Å². The summed E-state index contributed by atoms with van der Waals surface area (Å²) in [6, 6.07) is 7.95. The fourth-order valence-electron chi connectivity index (χ4n) is 2.59. The molecular formula is C17H22FN3O2. The molecule has 0 aliphatic carbocycles. The highest BCUT2D eigenvalue weighted by Gasteiger charge is 2.34. The number of nitrogens with one attached hydrogen (secondary N) is 1. The van der Waals surface area contributed by atoms with Gasteiger partial charge in [-0.3, -0.25) is 4.79 Å². The standard InChI is InChI=1S/C17H22FN3O2/c1-3-17(4-2,16(22)23)12-19-11-15-9-10-20-21(15)14-7-5-13(18)6-8-14/h5-10,19H,3-4,11-12H2,1-2H3,(H,22,23). The first-order valence-electron chi connectivity index (χ1n) is 7.75. The van der Waals surface area contributed by atoms with Gasteiger partial charge in [-0.05, 0) is 43.2 Å². The topological polar surface area (TPSA) is 67.2 Å². The summed E-state index contributed by atoms with van der Waals surface area (Å²) < 4.78 is 14.7. The van der Waals surface area contributed by atoms with Crippen LogP contribution in [0.25, 0.3) is 5.69 Å². The Morgan fingerprint density at radius 3 is 2.48 bits per heavy atom. The highest BCUT2D eigenvalue weighted by Crippen LogP contribution is 2.25. The van der Waals surface area contributed by atoms with Crippen molar-refractivity contribution in [3.05, 3.63) is 48.0 Å². The molecule has 1 aromatic heterocycles. The Morgan fingerprint density at radius 1 is 1.26 bits per heavy atom. The van der Waals surface area contributed by atoms with Gasteiger partial charge in [-0.15, -0.1) is 0 Å². The molecule has 0 bridgehead atoms. The van der Waals surface area contributed by atoms with E-state index in [-0.39, 0.29) is 5.82 Å². The van der Waals surface area contributed by atoms with Crippen molar-refractivity contribution in [1.29, 1.82) is 0 Å². The average Bonchev–Trinajstić information content (AvgIpc) is 3.01. The zero-order chi connectivity index (χ0) is 16.9. The number of carboxylic acid groups (broad SMARTS) is 1. The Balaban J connectivity index is 2.06. The second-order valence-corrected chi connectivity index (χ2v) is 5.61. The Kier molecular flexibility index (Phi) is 5.50. The summed E-state index contributed by atoms with van der Waals surface area (Å²) in [4.78, 5) is 11.5. The lowest BCUT2D eigenvalue weighted by molar-refractivity contribution is -0.149. The van der Waals surface area contributed by atoms with Crippen LogP contribution in [-0.2, 0) is 11.3 Å². The van der Waals surface area contributed by atoms with E-state index >= 15 is 0 Å². The highest BCUT2D eigenvalue weighted by atomic mass is 19.1. The number of aliphatic carboxylic acids is 1. The van der Waals surface area contributed by atoms with Gasteiger partial charge in [0.1, 0.15) is 5.82 Å². The number of carboxylic acids is 1. The molecule has 0 aliphatic heterocycles. The molecule has 0 saturated carbocycles. The normalized spacial score (nSPS) is 11.6. The Morgan fingerprint density at radius 2 is 1.91 bits per heavy atom. The van der Waals surface area contributed by atoms with Gasteiger partial charge in [0.2, 0.25) is 0 Å². The molecule has 2 N–H and O–H groups in total. The van der Waals surface area contributed by atoms with E-state index in [4.69, 9.17) is 0 Å². The molecule has 0 aliphatic rings. The van der Waals surface area contributed by atoms with Gasteiger partial charge in [0.05, 0.1) is 16.8 Å². The van der Waals surface area contributed by atoms with Crippen molar-refractivity contribution in [3.63, 3.8) is 0 Å². The number of halogens is 1. The molecule has 124 valence electrons. The molecule has 1 heterocycles. The zero-order valence-corrected chi connectivity index (χ0v) is 13.4. The summed E-state index contributed by atoms with van der Waals surface area (Å²) in [7, 11) is 0. The second-order valence-electron chi connectivity index (χ2n) is 5.61. The number of benzene rings is 1. The number of rotatable bonds is 8. The fourth-order valence-corrected chi connectivity index (χ4v) is 2.59. The molecule has 2 aromatic rings. The van der Waals surface area contributed by atoms with Gasteiger partial charge in [-0.1, -0.05) is 13.8 Å². The Bertz CT molecular complexity index is 648. The van der Waals surface area contributed by atoms with Gasteiger partial charge in [0.15, 0.2) is 0 Å². The number of nitrogens with zero attached hydrogens (tertiary/aromatic N) is 2. The van der Waals surface area contributed by atoms with Crippen molar-refractivity contribution in [3.8, 4) is 5.69 Å². The van der Waals surface area contributed by atoms with Crippen LogP contribution in [0.4, 0.5) is 4.39 Å². The third kappa shape index (κ3) is 3.76. The molecule has 0 saturated heterocycles. The first kappa shape index (κ1) is 17.1. The molecular weight excluding hydrogens is 297 g/mol. The molecule has 1 aromatic carbocycles. The molecule has 23 heavy (non-hydrogen) atoms. The predicted octanol–water partition coefficient (Wildman–Crippen LogP) is 2.99. The van der Waals surface area contributed by atoms with Crippen LogP contribution < -0.4 is 5.32 Å². The van der Waals surface area contributed by atoms with Crippen molar-refractivity contribution >= 4 is 5.97 Å². The number of hydrogen-bond acceptors (Lipinski definition) is 3. The van der Waals surface area contributed by atoms with Crippen molar-refractivity contribution in [2.24, 2.45) is 5.41 Å². The molecule has 0 unspecified atom stereocenters. The van der Waals surface area contributed by atoms with Gasteiger partial charge in [-0.25, -0.2) is 9.07 Å². The molecule has 0 fully saturated rings. The van der Waals surface area contributed by atoms with E-state index in [1.807, 2.05) is 19.9 Å². The lowest BCUT2D eigenvalue weighted by Crippen LogP contribution is -2.40. The maximum absolute atomic E-state index is 13.0. The van der Waals surface area contributed by atoms with Crippen molar-refractivity contribution < 1.29 is 14.3 Å². The zero-order valence-electron chi connectivity index (χ0n) is 13.4. The van der Waals surface area contributed by atoms with Crippen molar-refractivity contribution in [2.45, 2.75) is 33.2 Å². The summed E-state index contributed by atoms with van der Waals surface area (Å²) in [6.07, 6.45) is 2.82. The van der Waals surface area contributed by atoms with Gasteiger partial charge >= 0.3 is 5.97 Å². The summed E-state index contributed by atoms with van der Waals surface area (Å²) in [5.41, 5.74) is 0.910. The molecule has 2 rings (SSSR count). The first-order valence-corrected chi connectivity index (χ1v) is 7.75. The maximum Gasteiger partial charge on any atom is 0.310 e. The van der Waals surface area contributed by atoms with Gasteiger partial charge < -0.3 is 10.4 Å². The maximum atomic E-state index is 13.0. The smallest absolute Gasteiger partial charge is 0.310 e. The Hall–Kier alpha value is -2.21. The molecule has 0 amide bonds. The van der Waals surface area contributed by atoms with Crippen molar-refractivity contribution in [1.82, 2.24) is 15.1 Å². The highest BCUT2D eigenvalue weighted by molar-refractivity contribution is 5.74. The number of hydrogen-bond donors (Lipinski definition) is 2.